The second kappa shape index (κ2) is 9.85. The summed E-state index contributed by atoms with van der Waals surface area (Å²) < 4.78 is 5.30. The highest BCUT2D eigenvalue weighted by Gasteiger charge is 2.22. The minimum absolute atomic E-state index is 0. The zero-order chi connectivity index (χ0) is 15.9. The molecule has 1 fully saturated rings. The van der Waals surface area contributed by atoms with E-state index in [1.165, 1.54) is 5.69 Å². The first-order valence-electron chi connectivity index (χ1n) is 8.11. The van der Waals surface area contributed by atoms with Crippen LogP contribution in [0.3, 0.4) is 0 Å². The summed E-state index contributed by atoms with van der Waals surface area (Å²) in [6.45, 7) is 8.93. The quantitative estimate of drug-likeness (QED) is 0.427. The van der Waals surface area contributed by atoms with Crippen molar-refractivity contribution in [2.24, 2.45) is 16.6 Å². The molecule has 23 heavy (non-hydrogen) atoms. The summed E-state index contributed by atoms with van der Waals surface area (Å²) >= 11 is 0. The Labute approximate surface area is 156 Å². The van der Waals surface area contributed by atoms with E-state index in [1.807, 2.05) is 12.1 Å². The average Bonchev–Trinajstić information content (AvgIpc) is 3.03. The van der Waals surface area contributed by atoms with Crippen molar-refractivity contribution in [1.29, 1.82) is 0 Å². The monoisotopic (exact) mass is 432 g/mol. The Kier molecular flexibility index (Phi) is 8.51. The molecule has 1 heterocycles. The lowest BCUT2D eigenvalue weighted by atomic mass is 10.1. The van der Waals surface area contributed by atoms with Gasteiger partial charge in [-0.25, -0.2) is 0 Å². The Morgan fingerprint density at radius 2 is 2.13 bits per heavy atom. The smallest absolute Gasteiger partial charge is 0.191 e. The predicted molar refractivity (Wildman–Crippen MR) is 108 cm³/mol. The van der Waals surface area contributed by atoms with E-state index in [-0.39, 0.29) is 24.0 Å². The van der Waals surface area contributed by atoms with Crippen LogP contribution in [0.25, 0.3) is 0 Å². The van der Waals surface area contributed by atoms with Crippen LogP contribution in [-0.4, -0.2) is 50.7 Å². The fourth-order valence-electron chi connectivity index (χ4n) is 2.89. The number of anilines is 1. The van der Waals surface area contributed by atoms with Gasteiger partial charge in [0.2, 0.25) is 0 Å². The van der Waals surface area contributed by atoms with Crippen molar-refractivity contribution in [2.45, 2.75) is 20.3 Å². The lowest BCUT2D eigenvalue weighted by molar-refractivity contribution is 0.415. The molecule has 0 aliphatic carbocycles. The van der Waals surface area contributed by atoms with Crippen LogP contribution in [0.5, 0.6) is 5.75 Å². The molecule has 2 N–H and O–H groups in total. The molecule has 1 saturated heterocycles. The molecule has 1 aliphatic rings. The van der Waals surface area contributed by atoms with E-state index < -0.39 is 0 Å². The van der Waals surface area contributed by atoms with E-state index in [2.05, 4.69) is 40.8 Å². The van der Waals surface area contributed by atoms with Gasteiger partial charge in [-0.15, -0.1) is 24.0 Å². The van der Waals surface area contributed by atoms with Gasteiger partial charge in [0.15, 0.2) is 5.96 Å². The van der Waals surface area contributed by atoms with E-state index >= 15 is 0 Å². The number of nitrogens with two attached hydrogens (primary N) is 1. The first-order valence-corrected chi connectivity index (χ1v) is 8.11. The molecule has 0 radical (unpaired) electrons. The number of hydrogen-bond donors (Lipinski definition) is 1. The highest BCUT2D eigenvalue weighted by Crippen LogP contribution is 2.26. The topological polar surface area (TPSA) is 54.1 Å². The third kappa shape index (κ3) is 5.44. The fraction of sp³-hybridized carbons (Fsp3) is 0.588. The maximum atomic E-state index is 6.05. The van der Waals surface area contributed by atoms with Crippen LogP contribution < -0.4 is 15.4 Å². The molecule has 0 spiro atoms. The number of halogens is 1. The Morgan fingerprint density at radius 3 is 2.78 bits per heavy atom. The van der Waals surface area contributed by atoms with Crippen molar-refractivity contribution in [1.82, 2.24) is 4.90 Å². The molecule has 130 valence electrons. The Balaban J connectivity index is 0.00000264. The first-order chi connectivity index (χ1) is 10.7. The van der Waals surface area contributed by atoms with Crippen molar-refractivity contribution in [3.8, 4) is 5.75 Å². The Hall–Kier alpha value is -1.18. The van der Waals surface area contributed by atoms with Crippen molar-refractivity contribution in [3.63, 3.8) is 0 Å². The van der Waals surface area contributed by atoms with Gasteiger partial charge in [-0.3, -0.25) is 4.99 Å². The number of benzene rings is 1. The average molecular weight is 432 g/mol. The molecule has 1 aliphatic heterocycles. The number of guanidine groups is 1. The van der Waals surface area contributed by atoms with E-state index in [0.29, 0.717) is 11.9 Å². The Morgan fingerprint density at radius 1 is 1.39 bits per heavy atom. The predicted octanol–water partition coefficient (Wildman–Crippen LogP) is 2.80. The third-order valence-corrected chi connectivity index (χ3v) is 4.30. The lowest BCUT2D eigenvalue weighted by Crippen LogP contribution is -2.37. The van der Waals surface area contributed by atoms with Crippen LogP contribution in [0.1, 0.15) is 20.3 Å². The van der Waals surface area contributed by atoms with E-state index in [9.17, 15) is 0 Å². The standard InChI is InChI=1S/C17H28N4O.HI/c1-4-20(5-2)17(18)19-12-14-9-10-21(13-14)15-7-6-8-16(11-15)22-3;/h6-8,11,14H,4-5,9-10,12-13H2,1-3H3,(H2,18,19);1H. The highest BCUT2D eigenvalue weighted by molar-refractivity contribution is 14.0. The van der Waals surface area contributed by atoms with Gasteiger partial charge in [0, 0.05) is 44.5 Å². The Bertz CT molecular complexity index is 505. The molecular weight excluding hydrogens is 403 g/mol. The number of methoxy groups -OCH3 is 1. The molecule has 1 atom stereocenters. The summed E-state index contributed by atoms with van der Waals surface area (Å²) in [4.78, 5) is 9.07. The maximum Gasteiger partial charge on any atom is 0.191 e. The SMILES string of the molecule is CCN(CC)C(N)=NCC1CCN(c2cccc(OC)c2)C1.I. The summed E-state index contributed by atoms with van der Waals surface area (Å²) in [6, 6.07) is 8.25. The highest BCUT2D eigenvalue weighted by atomic mass is 127. The van der Waals surface area contributed by atoms with Gasteiger partial charge in [0.05, 0.1) is 7.11 Å². The van der Waals surface area contributed by atoms with E-state index in [0.717, 1.165) is 44.9 Å². The summed E-state index contributed by atoms with van der Waals surface area (Å²) in [5.74, 6) is 2.15. The first kappa shape index (κ1) is 19.9. The minimum atomic E-state index is 0. The summed E-state index contributed by atoms with van der Waals surface area (Å²) in [5, 5.41) is 0. The number of rotatable bonds is 6. The lowest BCUT2D eigenvalue weighted by Gasteiger charge is -2.20. The molecule has 0 amide bonds. The van der Waals surface area contributed by atoms with E-state index in [4.69, 9.17) is 10.5 Å². The second-order valence-corrected chi connectivity index (χ2v) is 5.67. The van der Waals surface area contributed by atoms with Crippen molar-refractivity contribution in [2.75, 3.05) is 44.7 Å². The largest absolute Gasteiger partial charge is 0.497 e. The van der Waals surface area contributed by atoms with Gasteiger partial charge in [-0.05, 0) is 38.3 Å². The summed E-state index contributed by atoms with van der Waals surface area (Å²) in [5.41, 5.74) is 7.27. The minimum Gasteiger partial charge on any atom is -0.497 e. The zero-order valence-electron chi connectivity index (χ0n) is 14.4. The van der Waals surface area contributed by atoms with Crippen LogP contribution in [-0.2, 0) is 0 Å². The second-order valence-electron chi connectivity index (χ2n) is 5.67. The zero-order valence-corrected chi connectivity index (χ0v) is 16.7. The van der Waals surface area contributed by atoms with Crippen LogP contribution in [0.2, 0.25) is 0 Å². The van der Waals surface area contributed by atoms with E-state index in [1.54, 1.807) is 7.11 Å². The summed E-state index contributed by atoms with van der Waals surface area (Å²) in [7, 11) is 1.70. The number of aliphatic imine (C=N–C) groups is 1. The molecule has 0 aromatic heterocycles. The van der Waals surface area contributed by atoms with Gasteiger partial charge in [-0.1, -0.05) is 6.07 Å². The summed E-state index contributed by atoms with van der Waals surface area (Å²) in [6.07, 6.45) is 1.16. The van der Waals surface area contributed by atoms with Gasteiger partial charge in [0.25, 0.3) is 0 Å². The molecule has 6 heteroatoms. The van der Waals surface area contributed by atoms with Gasteiger partial charge in [0.1, 0.15) is 5.75 Å². The molecule has 5 nitrogen and oxygen atoms in total. The van der Waals surface area contributed by atoms with Gasteiger partial charge in [-0.2, -0.15) is 0 Å². The third-order valence-electron chi connectivity index (χ3n) is 4.30. The molecule has 1 unspecified atom stereocenters. The van der Waals surface area contributed by atoms with Crippen molar-refractivity contribution >= 4 is 35.6 Å². The van der Waals surface area contributed by atoms with Crippen LogP contribution >= 0.6 is 24.0 Å². The van der Waals surface area contributed by atoms with Crippen LogP contribution in [0.15, 0.2) is 29.3 Å². The van der Waals surface area contributed by atoms with Gasteiger partial charge >= 0.3 is 0 Å². The molecule has 1 aromatic carbocycles. The molecule has 0 saturated carbocycles. The number of nitrogens with zero attached hydrogens (tertiary/aromatic N) is 3. The normalized spacial score (nSPS) is 17.8. The van der Waals surface area contributed by atoms with Crippen molar-refractivity contribution < 1.29 is 4.74 Å². The van der Waals surface area contributed by atoms with Crippen LogP contribution in [0, 0.1) is 5.92 Å². The number of ether oxygens (including phenoxy) is 1. The molecule has 1 aromatic rings. The molecule has 0 bridgehead atoms. The van der Waals surface area contributed by atoms with Crippen LogP contribution in [0.4, 0.5) is 5.69 Å². The molecular formula is C17H29IN4O. The van der Waals surface area contributed by atoms with Crippen molar-refractivity contribution in [3.05, 3.63) is 24.3 Å². The van der Waals surface area contributed by atoms with Gasteiger partial charge < -0.3 is 20.3 Å². The molecule has 2 rings (SSSR count). The fourth-order valence-corrected chi connectivity index (χ4v) is 2.89. The number of hydrogen-bond acceptors (Lipinski definition) is 3. The maximum absolute atomic E-state index is 6.05.